The second-order valence-corrected chi connectivity index (χ2v) is 7.49. The van der Waals surface area contributed by atoms with Crippen LogP contribution in [0.3, 0.4) is 0 Å². The van der Waals surface area contributed by atoms with Crippen LogP contribution in [0.1, 0.15) is 20.8 Å². The highest BCUT2D eigenvalue weighted by atomic mass is 127. The number of hydrogen-bond acceptors (Lipinski definition) is 10. The Hall–Kier alpha value is -2.41. The first-order chi connectivity index (χ1) is 14.1. The molecule has 1 aliphatic rings. The van der Waals surface area contributed by atoms with Crippen LogP contribution in [0.2, 0.25) is 0 Å². The van der Waals surface area contributed by atoms with E-state index >= 15 is 0 Å². The molecule has 1 aromatic rings. The summed E-state index contributed by atoms with van der Waals surface area (Å²) in [5, 5.41) is 0. The standard InChI is InChI=1S/C19H21IO10/c1-9(21)26-14-15(27-10(2)22)17(28-11(3)23)19(30-16(14)18(24)25-4)29-13-7-5-12(20)6-8-13/h5-8,14-17,19H,1-4H3/t14-,15-,16-,17-,19+/m0/s1. The van der Waals surface area contributed by atoms with Crippen molar-refractivity contribution in [3.63, 3.8) is 0 Å². The number of methoxy groups -OCH3 is 1. The Morgan fingerprint density at radius 1 is 0.833 bits per heavy atom. The van der Waals surface area contributed by atoms with Crippen LogP contribution in [-0.4, -0.2) is 61.7 Å². The van der Waals surface area contributed by atoms with E-state index in [1.807, 2.05) is 0 Å². The van der Waals surface area contributed by atoms with Gasteiger partial charge in [-0.05, 0) is 46.9 Å². The molecular weight excluding hydrogens is 515 g/mol. The molecule has 0 radical (unpaired) electrons. The zero-order valence-electron chi connectivity index (χ0n) is 16.7. The summed E-state index contributed by atoms with van der Waals surface area (Å²) in [5.41, 5.74) is 0. The molecule has 1 aliphatic heterocycles. The van der Waals surface area contributed by atoms with Gasteiger partial charge in [-0.2, -0.15) is 0 Å². The van der Waals surface area contributed by atoms with Gasteiger partial charge >= 0.3 is 23.9 Å². The van der Waals surface area contributed by atoms with E-state index in [2.05, 4.69) is 22.6 Å². The highest BCUT2D eigenvalue weighted by Crippen LogP contribution is 2.31. The van der Waals surface area contributed by atoms with Crippen LogP contribution in [0.5, 0.6) is 5.75 Å². The lowest BCUT2D eigenvalue weighted by Crippen LogP contribution is -2.64. The Labute approximate surface area is 186 Å². The number of benzene rings is 1. The molecule has 0 N–H and O–H groups in total. The fraction of sp³-hybridized carbons (Fsp3) is 0.474. The summed E-state index contributed by atoms with van der Waals surface area (Å²) in [6.45, 7) is 3.36. The van der Waals surface area contributed by atoms with Crippen molar-refractivity contribution in [3.8, 4) is 5.75 Å². The van der Waals surface area contributed by atoms with E-state index < -0.39 is 54.6 Å². The van der Waals surface area contributed by atoms with Crippen molar-refractivity contribution >= 4 is 46.5 Å². The quantitative estimate of drug-likeness (QED) is 0.299. The van der Waals surface area contributed by atoms with E-state index in [-0.39, 0.29) is 0 Å². The predicted molar refractivity (Wildman–Crippen MR) is 107 cm³/mol. The third-order valence-electron chi connectivity index (χ3n) is 3.90. The molecule has 0 bridgehead atoms. The summed E-state index contributed by atoms with van der Waals surface area (Å²) in [4.78, 5) is 47.4. The van der Waals surface area contributed by atoms with Gasteiger partial charge in [0.05, 0.1) is 7.11 Å². The Morgan fingerprint density at radius 2 is 1.33 bits per heavy atom. The predicted octanol–water partition coefficient (Wildman–Crippen LogP) is 1.36. The number of carbonyl (C=O) groups is 4. The second kappa shape index (κ2) is 10.6. The first kappa shape index (κ1) is 23.9. The van der Waals surface area contributed by atoms with Crippen LogP contribution in [0.25, 0.3) is 0 Å². The van der Waals surface area contributed by atoms with Gasteiger partial charge in [-0.15, -0.1) is 0 Å². The molecule has 0 spiro atoms. The van der Waals surface area contributed by atoms with E-state index in [1.54, 1.807) is 24.3 Å². The second-order valence-electron chi connectivity index (χ2n) is 6.24. The minimum Gasteiger partial charge on any atom is -0.467 e. The molecule has 10 nitrogen and oxygen atoms in total. The van der Waals surface area contributed by atoms with Crippen molar-refractivity contribution in [3.05, 3.63) is 27.8 Å². The van der Waals surface area contributed by atoms with E-state index in [9.17, 15) is 19.2 Å². The summed E-state index contributed by atoms with van der Waals surface area (Å²) >= 11 is 2.11. The molecule has 164 valence electrons. The highest BCUT2D eigenvalue weighted by molar-refractivity contribution is 14.1. The molecule has 1 heterocycles. The smallest absolute Gasteiger partial charge is 0.339 e. The Morgan fingerprint density at radius 3 is 1.83 bits per heavy atom. The van der Waals surface area contributed by atoms with Crippen molar-refractivity contribution in [1.29, 1.82) is 0 Å². The molecule has 1 aromatic carbocycles. The number of ether oxygens (including phenoxy) is 6. The maximum Gasteiger partial charge on any atom is 0.339 e. The molecule has 0 unspecified atom stereocenters. The lowest BCUT2D eigenvalue weighted by molar-refractivity contribution is -0.282. The number of hydrogen-bond donors (Lipinski definition) is 0. The molecule has 11 heteroatoms. The minimum absolute atomic E-state index is 0.341. The van der Waals surface area contributed by atoms with Gasteiger partial charge in [-0.25, -0.2) is 4.79 Å². The molecule has 1 saturated heterocycles. The molecule has 30 heavy (non-hydrogen) atoms. The van der Waals surface area contributed by atoms with Crippen molar-refractivity contribution in [2.75, 3.05) is 7.11 Å². The van der Waals surface area contributed by atoms with Crippen molar-refractivity contribution in [2.45, 2.75) is 51.5 Å². The minimum atomic E-state index is -1.50. The van der Waals surface area contributed by atoms with Gasteiger partial charge in [0.15, 0.2) is 18.3 Å². The fourth-order valence-electron chi connectivity index (χ4n) is 2.82. The Balaban J connectivity index is 2.47. The van der Waals surface area contributed by atoms with Crippen LogP contribution in [0, 0.1) is 3.57 Å². The molecular formula is C19H21IO10. The first-order valence-electron chi connectivity index (χ1n) is 8.79. The van der Waals surface area contributed by atoms with Crippen LogP contribution >= 0.6 is 22.6 Å². The average Bonchev–Trinajstić information content (AvgIpc) is 2.66. The topological polar surface area (TPSA) is 124 Å². The van der Waals surface area contributed by atoms with Gasteiger partial charge < -0.3 is 28.4 Å². The van der Waals surface area contributed by atoms with Gasteiger partial charge in [0, 0.05) is 24.3 Å². The van der Waals surface area contributed by atoms with E-state index in [0.717, 1.165) is 31.5 Å². The third-order valence-corrected chi connectivity index (χ3v) is 4.62. The van der Waals surface area contributed by atoms with Gasteiger partial charge in [-0.3, -0.25) is 14.4 Å². The van der Waals surface area contributed by atoms with Crippen molar-refractivity contribution < 1.29 is 47.6 Å². The lowest BCUT2D eigenvalue weighted by Gasteiger charge is -2.43. The molecule has 0 aliphatic carbocycles. The zero-order valence-corrected chi connectivity index (χ0v) is 18.8. The first-order valence-corrected chi connectivity index (χ1v) is 9.87. The summed E-state index contributed by atoms with van der Waals surface area (Å²) in [6, 6.07) is 6.81. The summed E-state index contributed by atoms with van der Waals surface area (Å²) < 4.78 is 32.8. The van der Waals surface area contributed by atoms with Gasteiger partial charge in [0.1, 0.15) is 5.75 Å². The number of halogens is 1. The van der Waals surface area contributed by atoms with E-state index in [0.29, 0.717) is 5.75 Å². The van der Waals surface area contributed by atoms with Gasteiger partial charge in [0.2, 0.25) is 12.4 Å². The van der Waals surface area contributed by atoms with Crippen LogP contribution in [0.15, 0.2) is 24.3 Å². The number of rotatable bonds is 6. The highest BCUT2D eigenvalue weighted by Gasteiger charge is 2.55. The summed E-state index contributed by atoms with van der Waals surface area (Å²) in [6.07, 6.45) is -7.02. The largest absolute Gasteiger partial charge is 0.467 e. The maximum atomic E-state index is 12.3. The molecule has 1 fully saturated rings. The van der Waals surface area contributed by atoms with Crippen LogP contribution in [0.4, 0.5) is 0 Å². The maximum absolute atomic E-state index is 12.3. The van der Waals surface area contributed by atoms with Crippen molar-refractivity contribution in [1.82, 2.24) is 0 Å². The van der Waals surface area contributed by atoms with Gasteiger partial charge in [-0.1, -0.05) is 0 Å². The molecule has 0 amide bonds. The number of esters is 4. The summed E-state index contributed by atoms with van der Waals surface area (Å²) in [7, 11) is 1.12. The van der Waals surface area contributed by atoms with Crippen LogP contribution in [-0.2, 0) is 42.9 Å². The summed E-state index contributed by atoms with van der Waals surface area (Å²) in [5.74, 6) is -2.80. The number of carbonyl (C=O) groups excluding carboxylic acids is 4. The molecule has 2 rings (SSSR count). The monoisotopic (exact) mass is 536 g/mol. The van der Waals surface area contributed by atoms with Crippen LogP contribution < -0.4 is 4.74 Å². The molecule has 5 atom stereocenters. The Kier molecular flexibility index (Phi) is 8.41. The molecule has 0 saturated carbocycles. The molecule has 0 aromatic heterocycles. The van der Waals surface area contributed by atoms with Crippen molar-refractivity contribution in [2.24, 2.45) is 0 Å². The zero-order chi connectivity index (χ0) is 22.4. The Bertz CT molecular complexity index is 793. The fourth-order valence-corrected chi connectivity index (χ4v) is 3.18. The van der Waals surface area contributed by atoms with Gasteiger partial charge in [0.25, 0.3) is 0 Å². The van der Waals surface area contributed by atoms with E-state index in [4.69, 9.17) is 28.4 Å². The normalized spacial score (nSPS) is 25.6. The van der Waals surface area contributed by atoms with E-state index in [1.165, 1.54) is 0 Å². The third kappa shape index (κ3) is 6.29. The lowest BCUT2D eigenvalue weighted by atomic mass is 9.97. The average molecular weight is 536 g/mol. The SMILES string of the molecule is COC(=O)[C@H]1O[C@@H](Oc2ccc(I)cc2)[C@@H](OC(C)=O)[C@@H](OC(C)=O)[C@@H]1OC(C)=O.